The molecule has 4 nitrogen and oxygen atoms in total. The third-order valence-corrected chi connectivity index (χ3v) is 5.96. The van der Waals surface area contributed by atoms with Crippen LogP contribution in [0.5, 0.6) is 0 Å². The molecule has 5 heteroatoms. The van der Waals surface area contributed by atoms with E-state index >= 15 is 0 Å². The molecule has 0 bridgehead atoms. The molecule has 0 radical (unpaired) electrons. The molecule has 1 amide bonds. The van der Waals surface area contributed by atoms with E-state index in [2.05, 4.69) is 41.4 Å². The van der Waals surface area contributed by atoms with Gasteiger partial charge in [0.15, 0.2) is 0 Å². The van der Waals surface area contributed by atoms with Gasteiger partial charge in [-0.05, 0) is 31.5 Å². The van der Waals surface area contributed by atoms with Gasteiger partial charge in [-0.3, -0.25) is 9.69 Å². The molecule has 144 valence electrons. The molecular weight excluding hydrogens is 356 g/mol. The van der Waals surface area contributed by atoms with Crippen LogP contribution in [0.15, 0.2) is 59.5 Å². The minimum Gasteiger partial charge on any atom is -0.379 e. The van der Waals surface area contributed by atoms with E-state index in [1.807, 2.05) is 37.3 Å². The number of amides is 1. The number of hydrogen-bond acceptors (Lipinski definition) is 4. The zero-order valence-corrected chi connectivity index (χ0v) is 16.9. The third kappa shape index (κ3) is 5.83. The molecule has 0 spiro atoms. The molecule has 2 atom stereocenters. The molecule has 27 heavy (non-hydrogen) atoms. The minimum atomic E-state index is -0.129. The summed E-state index contributed by atoms with van der Waals surface area (Å²) in [5, 5.41) is 3.04. The van der Waals surface area contributed by atoms with Crippen molar-refractivity contribution < 1.29 is 9.53 Å². The maximum Gasteiger partial charge on any atom is 0.233 e. The zero-order chi connectivity index (χ0) is 19.1. The van der Waals surface area contributed by atoms with Crippen LogP contribution in [0.25, 0.3) is 0 Å². The number of benzene rings is 2. The van der Waals surface area contributed by atoms with Crippen LogP contribution in [0.1, 0.15) is 24.1 Å². The molecule has 2 unspecified atom stereocenters. The van der Waals surface area contributed by atoms with E-state index in [0.717, 1.165) is 31.2 Å². The molecule has 3 rings (SSSR count). The number of morpholine rings is 1. The van der Waals surface area contributed by atoms with Crippen molar-refractivity contribution in [3.63, 3.8) is 0 Å². The highest BCUT2D eigenvalue weighted by molar-refractivity contribution is 8.00. The topological polar surface area (TPSA) is 41.6 Å². The summed E-state index contributed by atoms with van der Waals surface area (Å²) in [7, 11) is 0. The van der Waals surface area contributed by atoms with Gasteiger partial charge in [-0.2, -0.15) is 0 Å². The molecule has 0 saturated carbocycles. The summed E-state index contributed by atoms with van der Waals surface area (Å²) in [6.45, 7) is 7.95. The van der Waals surface area contributed by atoms with Crippen LogP contribution in [0.4, 0.5) is 0 Å². The molecule has 1 saturated heterocycles. The van der Waals surface area contributed by atoms with Crippen molar-refractivity contribution in [2.45, 2.75) is 30.0 Å². The van der Waals surface area contributed by atoms with Crippen LogP contribution in [0, 0.1) is 6.92 Å². The van der Waals surface area contributed by atoms with Crippen LogP contribution in [-0.4, -0.2) is 48.9 Å². The highest BCUT2D eigenvalue weighted by Crippen LogP contribution is 2.24. The minimum absolute atomic E-state index is 0.0780. The van der Waals surface area contributed by atoms with Gasteiger partial charge in [-0.25, -0.2) is 0 Å². The summed E-state index contributed by atoms with van der Waals surface area (Å²) < 4.78 is 5.50. The van der Waals surface area contributed by atoms with Crippen molar-refractivity contribution >= 4 is 17.7 Å². The van der Waals surface area contributed by atoms with E-state index in [9.17, 15) is 4.79 Å². The summed E-state index contributed by atoms with van der Waals surface area (Å²) in [5.74, 6) is 0.0780. The third-order valence-electron chi connectivity index (χ3n) is 4.84. The number of thioether (sulfide) groups is 1. The highest BCUT2D eigenvalue weighted by Gasteiger charge is 2.24. The first-order valence-electron chi connectivity index (χ1n) is 9.51. The fourth-order valence-electron chi connectivity index (χ4n) is 3.23. The number of carbonyl (C=O) groups is 1. The van der Waals surface area contributed by atoms with Crippen molar-refractivity contribution in [1.82, 2.24) is 10.2 Å². The predicted octanol–water partition coefficient (Wildman–Crippen LogP) is 3.67. The number of carbonyl (C=O) groups excluding carboxylic acids is 1. The van der Waals surface area contributed by atoms with Gasteiger partial charge >= 0.3 is 0 Å². The molecule has 2 aromatic carbocycles. The van der Waals surface area contributed by atoms with Crippen LogP contribution >= 0.6 is 11.8 Å². The Balaban J connectivity index is 1.62. The molecule has 1 aliphatic rings. The van der Waals surface area contributed by atoms with Gasteiger partial charge in [-0.15, -0.1) is 11.8 Å². The summed E-state index contributed by atoms with van der Waals surface area (Å²) in [5.41, 5.74) is 2.49. The first-order chi connectivity index (χ1) is 13.1. The van der Waals surface area contributed by atoms with Gasteiger partial charge in [0.1, 0.15) is 0 Å². The lowest BCUT2D eigenvalue weighted by molar-refractivity contribution is -0.120. The van der Waals surface area contributed by atoms with Gasteiger partial charge < -0.3 is 10.1 Å². The average Bonchev–Trinajstić information content (AvgIpc) is 2.71. The van der Waals surface area contributed by atoms with Gasteiger partial charge in [0, 0.05) is 24.5 Å². The summed E-state index contributed by atoms with van der Waals surface area (Å²) in [6, 6.07) is 18.9. The first kappa shape index (κ1) is 19.9. The summed E-state index contributed by atoms with van der Waals surface area (Å²) >= 11 is 1.59. The normalized spacial score (nSPS) is 17.3. The molecule has 1 aliphatic heterocycles. The van der Waals surface area contributed by atoms with E-state index in [1.165, 1.54) is 11.1 Å². The van der Waals surface area contributed by atoms with Gasteiger partial charge in [0.25, 0.3) is 0 Å². The fourth-order valence-corrected chi connectivity index (χ4v) is 4.15. The van der Waals surface area contributed by atoms with Crippen molar-refractivity contribution in [3.05, 3.63) is 65.7 Å². The van der Waals surface area contributed by atoms with Crippen LogP contribution in [-0.2, 0) is 9.53 Å². The Kier molecular flexibility index (Phi) is 7.33. The van der Waals surface area contributed by atoms with Gasteiger partial charge in [0.2, 0.25) is 5.91 Å². The van der Waals surface area contributed by atoms with E-state index in [1.54, 1.807) is 11.8 Å². The number of hydrogen-bond donors (Lipinski definition) is 1. The van der Waals surface area contributed by atoms with Gasteiger partial charge in [-0.1, -0.05) is 48.0 Å². The summed E-state index contributed by atoms with van der Waals surface area (Å²) in [4.78, 5) is 16.2. The Hall–Kier alpha value is -1.82. The monoisotopic (exact) mass is 384 g/mol. The lowest BCUT2D eigenvalue weighted by Gasteiger charge is -2.35. The molecule has 0 aliphatic carbocycles. The fraction of sp³-hybridized carbons (Fsp3) is 0.409. The standard InChI is InChI=1S/C22H28N2O2S/c1-17-8-10-19(11-9-17)21(24-12-14-26-15-13-24)16-23-22(25)18(2)27-20-6-4-3-5-7-20/h3-11,18,21H,12-16H2,1-2H3,(H,23,25). The Morgan fingerprint density at radius 3 is 2.44 bits per heavy atom. The van der Waals surface area contributed by atoms with Crippen molar-refractivity contribution in [2.75, 3.05) is 32.8 Å². The van der Waals surface area contributed by atoms with E-state index in [0.29, 0.717) is 6.54 Å². The first-order valence-corrected chi connectivity index (χ1v) is 10.4. The highest BCUT2D eigenvalue weighted by atomic mass is 32.2. The van der Waals surface area contributed by atoms with E-state index in [-0.39, 0.29) is 17.2 Å². The number of rotatable bonds is 7. The molecule has 1 heterocycles. The molecule has 2 aromatic rings. The maximum atomic E-state index is 12.6. The van der Waals surface area contributed by atoms with Crippen LogP contribution in [0.2, 0.25) is 0 Å². The number of ether oxygens (including phenoxy) is 1. The lowest BCUT2D eigenvalue weighted by atomic mass is 10.0. The van der Waals surface area contributed by atoms with Crippen LogP contribution < -0.4 is 5.32 Å². The average molecular weight is 385 g/mol. The Labute approximate surface area is 166 Å². The van der Waals surface area contributed by atoms with E-state index in [4.69, 9.17) is 4.74 Å². The lowest BCUT2D eigenvalue weighted by Crippen LogP contribution is -2.44. The molecule has 1 N–H and O–H groups in total. The molecular formula is C22H28N2O2S. The van der Waals surface area contributed by atoms with Crippen molar-refractivity contribution in [2.24, 2.45) is 0 Å². The quantitative estimate of drug-likeness (QED) is 0.740. The predicted molar refractivity (Wildman–Crippen MR) is 111 cm³/mol. The number of aryl methyl sites for hydroxylation is 1. The second kappa shape index (κ2) is 9.93. The van der Waals surface area contributed by atoms with Gasteiger partial charge in [0.05, 0.1) is 24.5 Å². The van der Waals surface area contributed by atoms with Crippen LogP contribution in [0.3, 0.4) is 0 Å². The largest absolute Gasteiger partial charge is 0.379 e. The summed E-state index contributed by atoms with van der Waals surface area (Å²) in [6.07, 6.45) is 0. The number of nitrogens with zero attached hydrogens (tertiary/aromatic N) is 1. The smallest absolute Gasteiger partial charge is 0.233 e. The second-order valence-electron chi connectivity index (χ2n) is 6.89. The zero-order valence-electron chi connectivity index (χ0n) is 16.1. The Morgan fingerprint density at radius 2 is 1.78 bits per heavy atom. The van der Waals surface area contributed by atoms with E-state index < -0.39 is 0 Å². The molecule has 0 aromatic heterocycles. The SMILES string of the molecule is Cc1ccc(C(CNC(=O)C(C)Sc2ccccc2)N2CCOCC2)cc1. The maximum absolute atomic E-state index is 12.6. The Bertz CT molecular complexity index is 715. The molecule has 1 fully saturated rings. The van der Waals surface area contributed by atoms with Crippen molar-refractivity contribution in [1.29, 1.82) is 0 Å². The van der Waals surface area contributed by atoms with Crippen molar-refractivity contribution in [3.8, 4) is 0 Å². The Morgan fingerprint density at radius 1 is 1.11 bits per heavy atom. The number of nitrogens with one attached hydrogen (secondary N) is 1. The second-order valence-corrected chi connectivity index (χ2v) is 8.31.